The van der Waals surface area contributed by atoms with Gasteiger partial charge in [0.25, 0.3) is 0 Å². The summed E-state index contributed by atoms with van der Waals surface area (Å²) in [6, 6.07) is 8.24. The minimum absolute atomic E-state index is 0.141. The van der Waals surface area contributed by atoms with E-state index in [1.54, 1.807) is 0 Å². The predicted octanol–water partition coefficient (Wildman–Crippen LogP) is 5.47. The van der Waals surface area contributed by atoms with E-state index in [0.29, 0.717) is 0 Å². The highest BCUT2D eigenvalue weighted by Gasteiger charge is 2.45. The Kier molecular flexibility index (Phi) is 7.06. The van der Waals surface area contributed by atoms with Crippen molar-refractivity contribution in [1.82, 2.24) is 0 Å². The summed E-state index contributed by atoms with van der Waals surface area (Å²) < 4.78 is 0. The number of benzene rings is 1. The molecule has 140 valence electrons. The molecule has 0 spiro atoms. The zero-order valence-corrected chi connectivity index (χ0v) is 16.2. The Morgan fingerprint density at radius 2 is 1.68 bits per heavy atom. The molecule has 2 N–H and O–H groups in total. The maximum Gasteiger partial charge on any atom is 0.230 e. The van der Waals surface area contributed by atoms with Crippen molar-refractivity contribution in [1.29, 1.82) is 0 Å². The SMILES string of the molecule is CCCCC1(C(=O)Nc2ccc(CCC)cc2)CCC(O)(CC)CC1. The number of nitrogens with one attached hydrogen (secondary N) is 1. The predicted molar refractivity (Wildman–Crippen MR) is 105 cm³/mol. The second-order valence-electron chi connectivity index (χ2n) is 7.86. The van der Waals surface area contributed by atoms with Crippen molar-refractivity contribution in [2.75, 3.05) is 5.32 Å². The highest BCUT2D eigenvalue weighted by molar-refractivity contribution is 5.95. The average molecular weight is 346 g/mol. The van der Waals surface area contributed by atoms with Crippen LogP contribution >= 0.6 is 0 Å². The van der Waals surface area contributed by atoms with Crippen LogP contribution in [-0.2, 0) is 11.2 Å². The summed E-state index contributed by atoms with van der Waals surface area (Å²) >= 11 is 0. The molecule has 2 rings (SSSR count). The van der Waals surface area contributed by atoms with E-state index >= 15 is 0 Å². The van der Waals surface area contributed by atoms with E-state index in [-0.39, 0.29) is 11.3 Å². The molecule has 1 fully saturated rings. The van der Waals surface area contributed by atoms with Crippen LogP contribution in [-0.4, -0.2) is 16.6 Å². The van der Waals surface area contributed by atoms with Crippen molar-refractivity contribution in [3.05, 3.63) is 29.8 Å². The lowest BCUT2D eigenvalue weighted by Crippen LogP contribution is -2.45. The van der Waals surface area contributed by atoms with E-state index in [9.17, 15) is 9.90 Å². The van der Waals surface area contributed by atoms with Crippen LogP contribution in [0.3, 0.4) is 0 Å². The van der Waals surface area contributed by atoms with Gasteiger partial charge >= 0.3 is 0 Å². The summed E-state index contributed by atoms with van der Waals surface area (Å²) in [5.74, 6) is 0.141. The molecule has 1 aliphatic carbocycles. The molecule has 0 aromatic heterocycles. The zero-order chi connectivity index (χ0) is 18.3. The number of rotatable bonds is 8. The van der Waals surface area contributed by atoms with Gasteiger partial charge in [-0.1, -0.05) is 52.2 Å². The Bertz CT molecular complexity index is 542. The lowest BCUT2D eigenvalue weighted by molar-refractivity contribution is -0.132. The molecule has 1 aromatic carbocycles. The third-order valence-corrected chi connectivity index (χ3v) is 6.04. The molecular formula is C22H35NO2. The van der Waals surface area contributed by atoms with Gasteiger partial charge in [0.05, 0.1) is 5.60 Å². The fourth-order valence-corrected chi connectivity index (χ4v) is 3.96. The molecule has 0 atom stereocenters. The second-order valence-corrected chi connectivity index (χ2v) is 7.86. The molecule has 1 aromatic rings. The second kappa shape index (κ2) is 8.84. The molecule has 0 radical (unpaired) electrons. The monoisotopic (exact) mass is 345 g/mol. The summed E-state index contributed by atoms with van der Waals surface area (Å²) in [4.78, 5) is 13.1. The Morgan fingerprint density at radius 3 is 2.20 bits per heavy atom. The maximum absolute atomic E-state index is 13.1. The van der Waals surface area contributed by atoms with Crippen molar-refractivity contribution in [2.24, 2.45) is 5.41 Å². The fraction of sp³-hybridized carbons (Fsp3) is 0.682. The molecule has 3 heteroatoms. The molecule has 0 aliphatic heterocycles. The van der Waals surface area contributed by atoms with E-state index < -0.39 is 5.60 Å². The minimum atomic E-state index is -0.572. The van der Waals surface area contributed by atoms with Gasteiger partial charge < -0.3 is 10.4 Å². The number of aryl methyl sites for hydroxylation is 1. The smallest absolute Gasteiger partial charge is 0.230 e. The topological polar surface area (TPSA) is 49.3 Å². The summed E-state index contributed by atoms with van der Waals surface area (Å²) in [6.07, 6.45) is 9.10. The van der Waals surface area contributed by atoms with Gasteiger partial charge in [-0.15, -0.1) is 0 Å². The van der Waals surface area contributed by atoms with Crippen molar-refractivity contribution in [3.8, 4) is 0 Å². The van der Waals surface area contributed by atoms with Crippen LogP contribution in [0.2, 0.25) is 0 Å². The van der Waals surface area contributed by atoms with Crippen LogP contribution in [0.4, 0.5) is 5.69 Å². The molecule has 3 nitrogen and oxygen atoms in total. The number of aliphatic hydroxyl groups is 1. The summed E-state index contributed by atoms with van der Waals surface area (Å²) in [5, 5.41) is 13.7. The number of carbonyl (C=O) groups excluding carboxylic acids is 1. The van der Waals surface area contributed by atoms with Crippen molar-refractivity contribution >= 4 is 11.6 Å². The summed E-state index contributed by atoms with van der Waals surface area (Å²) in [5.41, 5.74) is 1.31. The van der Waals surface area contributed by atoms with Gasteiger partial charge in [0.2, 0.25) is 5.91 Å². The average Bonchev–Trinajstić information content (AvgIpc) is 2.63. The molecule has 0 saturated heterocycles. The first kappa shape index (κ1) is 20.0. The fourth-order valence-electron chi connectivity index (χ4n) is 3.96. The quantitative estimate of drug-likeness (QED) is 0.656. The van der Waals surface area contributed by atoms with Gasteiger partial charge in [-0.2, -0.15) is 0 Å². The van der Waals surface area contributed by atoms with Gasteiger partial charge in [0.15, 0.2) is 0 Å². The van der Waals surface area contributed by atoms with Crippen molar-refractivity contribution < 1.29 is 9.90 Å². The number of hydrogen-bond acceptors (Lipinski definition) is 2. The normalized spacial score (nSPS) is 26.4. The number of anilines is 1. The molecule has 1 amide bonds. The van der Waals surface area contributed by atoms with E-state index in [1.165, 1.54) is 5.56 Å². The van der Waals surface area contributed by atoms with E-state index in [1.807, 2.05) is 19.1 Å². The van der Waals surface area contributed by atoms with E-state index in [2.05, 4.69) is 31.3 Å². The Hall–Kier alpha value is -1.35. The highest BCUT2D eigenvalue weighted by atomic mass is 16.3. The third kappa shape index (κ3) is 5.07. The van der Waals surface area contributed by atoms with Gasteiger partial charge in [-0.3, -0.25) is 4.79 Å². The highest BCUT2D eigenvalue weighted by Crippen LogP contribution is 2.46. The molecule has 0 heterocycles. The molecule has 1 saturated carbocycles. The number of carbonyl (C=O) groups is 1. The first-order valence-electron chi connectivity index (χ1n) is 10.1. The minimum Gasteiger partial charge on any atom is -0.390 e. The lowest BCUT2D eigenvalue weighted by atomic mass is 9.65. The van der Waals surface area contributed by atoms with E-state index in [0.717, 1.165) is 69.9 Å². The third-order valence-electron chi connectivity index (χ3n) is 6.04. The zero-order valence-electron chi connectivity index (χ0n) is 16.2. The van der Waals surface area contributed by atoms with Crippen LogP contribution in [0.1, 0.15) is 84.1 Å². The Balaban J connectivity index is 2.08. The van der Waals surface area contributed by atoms with E-state index in [4.69, 9.17) is 0 Å². The van der Waals surface area contributed by atoms with Crippen LogP contribution in [0.15, 0.2) is 24.3 Å². The molecule has 25 heavy (non-hydrogen) atoms. The standard InChI is InChI=1S/C22H35NO2/c1-4-7-13-21(14-16-22(25,6-3)17-15-21)20(24)23-19-11-9-18(8-5-2)10-12-19/h9-12,25H,4-8,13-17H2,1-3H3,(H,23,24). The summed E-state index contributed by atoms with van der Waals surface area (Å²) in [6.45, 7) is 6.38. The van der Waals surface area contributed by atoms with Crippen LogP contribution < -0.4 is 5.32 Å². The molecule has 0 unspecified atom stereocenters. The van der Waals surface area contributed by atoms with Crippen molar-refractivity contribution in [3.63, 3.8) is 0 Å². The number of amides is 1. The van der Waals surface area contributed by atoms with Gasteiger partial charge in [0, 0.05) is 11.1 Å². The number of hydrogen-bond donors (Lipinski definition) is 2. The maximum atomic E-state index is 13.1. The summed E-state index contributed by atoms with van der Waals surface area (Å²) in [7, 11) is 0. The van der Waals surface area contributed by atoms with Gasteiger partial charge in [-0.05, 0) is 62.6 Å². The Morgan fingerprint density at radius 1 is 1.04 bits per heavy atom. The lowest BCUT2D eigenvalue weighted by Gasteiger charge is -2.43. The van der Waals surface area contributed by atoms with Crippen LogP contribution in [0, 0.1) is 5.41 Å². The van der Waals surface area contributed by atoms with Crippen molar-refractivity contribution in [2.45, 2.75) is 90.6 Å². The molecular weight excluding hydrogens is 310 g/mol. The number of unbranched alkanes of at least 4 members (excludes halogenated alkanes) is 1. The van der Waals surface area contributed by atoms with Gasteiger partial charge in [-0.25, -0.2) is 0 Å². The van der Waals surface area contributed by atoms with Gasteiger partial charge in [0.1, 0.15) is 0 Å². The first-order chi connectivity index (χ1) is 12.0. The largest absolute Gasteiger partial charge is 0.390 e. The van der Waals surface area contributed by atoms with Crippen LogP contribution in [0.25, 0.3) is 0 Å². The first-order valence-corrected chi connectivity index (χ1v) is 10.1. The molecule has 1 aliphatic rings. The van der Waals surface area contributed by atoms with Crippen LogP contribution in [0.5, 0.6) is 0 Å². The Labute approximate surface area is 153 Å². The molecule has 0 bridgehead atoms.